The van der Waals surface area contributed by atoms with Crippen LogP contribution >= 0.6 is 11.6 Å². The molecule has 232 valence electrons. The van der Waals surface area contributed by atoms with Gasteiger partial charge in [0.15, 0.2) is 0 Å². The lowest BCUT2D eigenvalue weighted by Crippen LogP contribution is -2.50. The van der Waals surface area contributed by atoms with Crippen LogP contribution < -0.4 is 9.47 Å². The topological polar surface area (TPSA) is 48.5 Å². The SMILES string of the molecule is C=Cc1cccc2c1CCO2.CCCC[N+](CCCC)(CCCC)CCCC.ClCCc1cccc2c1CCO2.[OH-]. The van der Waals surface area contributed by atoms with Crippen molar-refractivity contribution >= 4 is 17.7 Å². The van der Waals surface area contributed by atoms with Crippen molar-refractivity contribution in [1.29, 1.82) is 0 Å². The summed E-state index contributed by atoms with van der Waals surface area (Å²) in [6.45, 7) is 20.4. The highest BCUT2D eigenvalue weighted by Gasteiger charge is 2.24. The molecule has 0 atom stereocenters. The fraction of sp³-hybridized carbons (Fsp3) is 0.611. The summed E-state index contributed by atoms with van der Waals surface area (Å²) in [5.41, 5.74) is 5.22. The molecule has 0 fully saturated rings. The summed E-state index contributed by atoms with van der Waals surface area (Å²) in [6.07, 6.45) is 16.0. The van der Waals surface area contributed by atoms with Gasteiger partial charge in [-0.1, -0.05) is 90.3 Å². The van der Waals surface area contributed by atoms with E-state index in [9.17, 15) is 0 Å². The predicted octanol–water partition coefficient (Wildman–Crippen LogP) is 9.49. The quantitative estimate of drug-likeness (QED) is 0.154. The molecule has 2 aromatic rings. The van der Waals surface area contributed by atoms with E-state index in [0.29, 0.717) is 5.88 Å². The van der Waals surface area contributed by atoms with Gasteiger partial charge in [-0.3, -0.25) is 0 Å². The zero-order valence-electron chi connectivity index (χ0n) is 26.6. The highest BCUT2D eigenvalue weighted by atomic mass is 35.5. The smallest absolute Gasteiger partial charge is 0.123 e. The molecular formula is C36H58ClNO3. The predicted molar refractivity (Wildman–Crippen MR) is 177 cm³/mol. The summed E-state index contributed by atoms with van der Waals surface area (Å²) in [5, 5.41) is 0. The summed E-state index contributed by atoms with van der Waals surface area (Å²) in [6, 6.07) is 12.3. The van der Waals surface area contributed by atoms with Gasteiger partial charge in [0.1, 0.15) is 11.5 Å². The molecular weight excluding hydrogens is 530 g/mol. The maximum Gasteiger partial charge on any atom is 0.123 e. The molecule has 41 heavy (non-hydrogen) atoms. The normalized spacial score (nSPS) is 12.8. The Labute approximate surface area is 257 Å². The first-order valence-electron chi connectivity index (χ1n) is 16.1. The van der Waals surface area contributed by atoms with Crippen LogP contribution in [0.2, 0.25) is 0 Å². The van der Waals surface area contributed by atoms with E-state index in [1.807, 2.05) is 30.3 Å². The highest BCUT2D eigenvalue weighted by molar-refractivity contribution is 6.18. The van der Waals surface area contributed by atoms with Crippen LogP contribution in [0.1, 0.15) is 101 Å². The maximum atomic E-state index is 5.70. The van der Waals surface area contributed by atoms with Gasteiger partial charge in [0, 0.05) is 29.8 Å². The molecule has 2 heterocycles. The summed E-state index contributed by atoms with van der Waals surface area (Å²) < 4.78 is 12.3. The fourth-order valence-corrected chi connectivity index (χ4v) is 5.92. The van der Waals surface area contributed by atoms with E-state index in [1.54, 1.807) is 0 Å². The van der Waals surface area contributed by atoms with Gasteiger partial charge in [-0.15, -0.1) is 11.6 Å². The van der Waals surface area contributed by atoms with Crippen LogP contribution in [-0.4, -0.2) is 55.2 Å². The van der Waals surface area contributed by atoms with Crippen molar-refractivity contribution in [2.75, 3.05) is 45.3 Å². The lowest BCUT2D eigenvalue weighted by molar-refractivity contribution is -0.929. The average Bonchev–Trinajstić information content (AvgIpc) is 3.68. The van der Waals surface area contributed by atoms with Crippen molar-refractivity contribution < 1.29 is 19.4 Å². The molecule has 5 heteroatoms. The van der Waals surface area contributed by atoms with Gasteiger partial charge in [0.2, 0.25) is 0 Å². The second-order valence-corrected chi connectivity index (χ2v) is 11.6. The van der Waals surface area contributed by atoms with Crippen molar-refractivity contribution in [3.05, 3.63) is 65.2 Å². The number of hydrogen-bond acceptors (Lipinski definition) is 3. The third-order valence-corrected chi connectivity index (χ3v) is 8.34. The molecule has 0 saturated carbocycles. The third kappa shape index (κ3) is 12.4. The van der Waals surface area contributed by atoms with Crippen molar-refractivity contribution in [3.8, 4) is 11.5 Å². The van der Waals surface area contributed by atoms with Gasteiger partial charge < -0.3 is 19.4 Å². The molecule has 0 bridgehead atoms. The number of unbranched alkanes of at least 4 members (excludes halogenated alkanes) is 4. The Balaban J connectivity index is 0.000000311. The van der Waals surface area contributed by atoms with Gasteiger partial charge in [0.05, 0.1) is 39.4 Å². The summed E-state index contributed by atoms with van der Waals surface area (Å²) in [5.74, 6) is 2.77. The summed E-state index contributed by atoms with van der Waals surface area (Å²) >= 11 is 5.70. The van der Waals surface area contributed by atoms with Crippen molar-refractivity contribution in [2.45, 2.75) is 98.3 Å². The first kappa shape index (κ1) is 37.0. The van der Waals surface area contributed by atoms with E-state index in [1.165, 1.54) is 104 Å². The number of nitrogens with zero attached hydrogens (tertiary/aromatic N) is 1. The minimum absolute atomic E-state index is 0. The van der Waals surface area contributed by atoms with E-state index < -0.39 is 0 Å². The van der Waals surface area contributed by atoms with Gasteiger partial charge in [-0.05, 0) is 55.4 Å². The van der Waals surface area contributed by atoms with Crippen molar-refractivity contribution in [1.82, 2.24) is 0 Å². The number of fused-ring (bicyclic) bond motifs is 2. The molecule has 2 aliphatic rings. The monoisotopic (exact) mass is 587 g/mol. The molecule has 4 nitrogen and oxygen atoms in total. The Morgan fingerprint density at radius 2 is 1.20 bits per heavy atom. The Morgan fingerprint density at radius 1 is 0.732 bits per heavy atom. The molecule has 0 amide bonds. The first-order chi connectivity index (χ1) is 19.6. The van der Waals surface area contributed by atoms with E-state index >= 15 is 0 Å². The third-order valence-electron chi connectivity index (χ3n) is 8.15. The molecule has 0 aliphatic carbocycles. The number of hydrogen-bond donors (Lipinski definition) is 0. The van der Waals surface area contributed by atoms with Gasteiger partial charge in [0.25, 0.3) is 0 Å². The minimum Gasteiger partial charge on any atom is -0.870 e. The number of alkyl halides is 1. The summed E-state index contributed by atoms with van der Waals surface area (Å²) in [7, 11) is 0. The number of benzene rings is 2. The highest BCUT2D eigenvalue weighted by Crippen LogP contribution is 2.29. The molecule has 4 rings (SSSR count). The second-order valence-electron chi connectivity index (χ2n) is 11.2. The fourth-order valence-electron chi connectivity index (χ4n) is 5.71. The zero-order chi connectivity index (χ0) is 29.1. The van der Waals surface area contributed by atoms with E-state index in [4.69, 9.17) is 21.1 Å². The van der Waals surface area contributed by atoms with Crippen LogP contribution in [0.4, 0.5) is 0 Å². The zero-order valence-corrected chi connectivity index (χ0v) is 27.3. The standard InChI is InChI=1S/C16H36N.C10H11ClO.C10H10O.H2O/c1-5-9-13-17(14-10-6-2,15-11-7-3)16-12-8-4;11-6-4-8-2-1-3-10-9(8)5-7-12-10;1-2-8-4-3-5-10-9(8)6-7-11-10;/h5-16H2,1-4H3;1-3H,4-7H2;2-5H,1,6-7H2;1H2/q+1;;;/p-1. The van der Waals surface area contributed by atoms with Crippen molar-refractivity contribution in [3.63, 3.8) is 0 Å². The maximum absolute atomic E-state index is 5.70. The van der Waals surface area contributed by atoms with E-state index in [0.717, 1.165) is 44.0 Å². The number of aryl methyl sites for hydroxylation is 1. The lowest BCUT2D eigenvalue weighted by Gasteiger charge is -2.39. The number of quaternary nitrogens is 1. The first-order valence-corrected chi connectivity index (χ1v) is 16.6. The molecule has 0 spiro atoms. The Morgan fingerprint density at radius 3 is 1.66 bits per heavy atom. The van der Waals surface area contributed by atoms with Crippen LogP contribution in [0.5, 0.6) is 11.5 Å². The molecule has 0 saturated heterocycles. The Kier molecular flexibility index (Phi) is 19.6. The van der Waals surface area contributed by atoms with Gasteiger partial charge >= 0.3 is 0 Å². The van der Waals surface area contributed by atoms with Crippen molar-refractivity contribution in [2.24, 2.45) is 0 Å². The average molecular weight is 588 g/mol. The lowest BCUT2D eigenvalue weighted by atomic mass is 10.0. The summed E-state index contributed by atoms with van der Waals surface area (Å²) in [4.78, 5) is 0. The Hall–Kier alpha value is -2.01. The molecule has 2 aromatic carbocycles. The van der Waals surface area contributed by atoms with E-state index in [2.05, 4.69) is 46.4 Å². The van der Waals surface area contributed by atoms with Gasteiger partial charge in [-0.2, -0.15) is 0 Å². The number of halogens is 1. The van der Waals surface area contributed by atoms with Gasteiger partial charge in [-0.25, -0.2) is 0 Å². The molecule has 0 radical (unpaired) electrons. The molecule has 2 aliphatic heterocycles. The van der Waals surface area contributed by atoms with Crippen LogP contribution in [0.3, 0.4) is 0 Å². The molecule has 1 N–H and O–H groups in total. The minimum atomic E-state index is 0. The van der Waals surface area contributed by atoms with Crippen LogP contribution in [0.15, 0.2) is 43.0 Å². The number of ether oxygens (including phenoxy) is 2. The van der Waals surface area contributed by atoms with E-state index in [-0.39, 0.29) is 5.48 Å². The largest absolute Gasteiger partial charge is 0.870 e. The molecule has 0 unspecified atom stereocenters. The second kappa shape index (κ2) is 21.7. The molecule has 0 aromatic heterocycles. The Bertz CT molecular complexity index is 940. The van der Waals surface area contributed by atoms with Crippen LogP contribution in [0.25, 0.3) is 6.08 Å². The van der Waals surface area contributed by atoms with Crippen LogP contribution in [0, 0.1) is 0 Å². The van der Waals surface area contributed by atoms with Crippen LogP contribution in [-0.2, 0) is 19.3 Å². The number of rotatable bonds is 15.